The first-order valence-corrected chi connectivity index (χ1v) is 15.4. The number of carbonyl (C=O) groups excluding carboxylic acids is 2. The van der Waals surface area contributed by atoms with Crippen molar-refractivity contribution in [2.45, 2.75) is 58.2 Å². The monoisotopic (exact) mass is 648 g/mol. The number of benzene rings is 3. The number of hydrogen-bond acceptors (Lipinski definition) is 6. The zero-order valence-electron chi connectivity index (χ0n) is 26.7. The van der Waals surface area contributed by atoms with Crippen molar-refractivity contribution in [3.05, 3.63) is 95.2 Å². The van der Waals surface area contributed by atoms with Gasteiger partial charge in [-0.1, -0.05) is 50.6 Å². The van der Waals surface area contributed by atoms with Gasteiger partial charge in [-0.3, -0.25) is 10.1 Å². The zero-order valence-corrected chi connectivity index (χ0v) is 26.7. The lowest BCUT2D eigenvalue weighted by Crippen LogP contribution is -2.33. The zero-order chi connectivity index (χ0) is 33.9. The fraction of sp³-hybridized carbons (Fsp3) is 0.343. The molecule has 1 aliphatic heterocycles. The van der Waals surface area contributed by atoms with Crippen LogP contribution >= 0.6 is 0 Å². The summed E-state index contributed by atoms with van der Waals surface area (Å²) in [5.74, 6) is -1.11. The predicted molar refractivity (Wildman–Crippen MR) is 176 cm³/mol. The number of nitrogen functional groups attached to an aromatic ring is 1. The lowest BCUT2D eigenvalue weighted by Gasteiger charge is -2.30. The van der Waals surface area contributed by atoms with Crippen molar-refractivity contribution in [1.82, 2.24) is 15.1 Å². The van der Waals surface area contributed by atoms with E-state index in [1.54, 1.807) is 28.9 Å². The summed E-state index contributed by atoms with van der Waals surface area (Å²) in [4.78, 5) is 27.1. The third kappa shape index (κ3) is 8.31. The van der Waals surface area contributed by atoms with Gasteiger partial charge in [0.15, 0.2) is 11.5 Å². The molecule has 47 heavy (non-hydrogen) atoms. The van der Waals surface area contributed by atoms with Gasteiger partial charge in [-0.25, -0.2) is 9.48 Å². The van der Waals surface area contributed by atoms with Crippen LogP contribution in [-0.4, -0.2) is 41.0 Å². The quantitative estimate of drug-likeness (QED) is 0.115. The van der Waals surface area contributed by atoms with E-state index in [0.717, 1.165) is 23.0 Å². The number of hydrogen-bond donors (Lipinski definition) is 4. The van der Waals surface area contributed by atoms with Crippen molar-refractivity contribution >= 4 is 29.0 Å². The molecule has 0 bridgehead atoms. The van der Waals surface area contributed by atoms with Crippen LogP contribution in [0.25, 0.3) is 5.69 Å². The van der Waals surface area contributed by atoms with Crippen molar-refractivity contribution in [2.75, 3.05) is 29.5 Å². The molecule has 5 rings (SSSR count). The summed E-state index contributed by atoms with van der Waals surface area (Å²) in [5.41, 5.74) is 9.21. The van der Waals surface area contributed by atoms with Crippen LogP contribution in [0.1, 0.15) is 66.7 Å². The molecule has 0 aliphatic carbocycles. The molecule has 3 aromatic carbocycles. The van der Waals surface area contributed by atoms with Gasteiger partial charge < -0.3 is 21.1 Å². The summed E-state index contributed by atoms with van der Waals surface area (Å²) in [6.45, 7) is 9.57. The molecular weight excluding hydrogens is 609 g/mol. The van der Waals surface area contributed by atoms with Gasteiger partial charge in [0.25, 0.3) is 0 Å². The van der Waals surface area contributed by atoms with Gasteiger partial charge in [-0.15, -0.1) is 13.2 Å². The molecule has 4 aromatic rings. The van der Waals surface area contributed by atoms with Crippen LogP contribution < -0.4 is 26.4 Å². The van der Waals surface area contributed by atoms with Gasteiger partial charge in [-0.05, 0) is 86.8 Å². The lowest BCUT2D eigenvalue weighted by atomic mass is 9.76. The summed E-state index contributed by atoms with van der Waals surface area (Å²) in [6, 6.07) is 19.8. The number of alkyl halides is 3. The van der Waals surface area contributed by atoms with Crippen molar-refractivity contribution in [3.8, 4) is 11.4 Å². The third-order valence-corrected chi connectivity index (χ3v) is 8.19. The minimum atomic E-state index is -4.95. The molecule has 248 valence electrons. The van der Waals surface area contributed by atoms with Crippen molar-refractivity contribution in [3.63, 3.8) is 0 Å². The molecule has 2 heterocycles. The van der Waals surface area contributed by atoms with Crippen LogP contribution in [0.5, 0.6) is 5.75 Å². The summed E-state index contributed by atoms with van der Waals surface area (Å²) in [6.07, 6.45) is -3.52. The Morgan fingerprint density at radius 2 is 1.62 bits per heavy atom. The van der Waals surface area contributed by atoms with Gasteiger partial charge in [0.05, 0.1) is 23.0 Å². The number of piperidine rings is 1. The number of aryl methyl sites for hydroxylation is 1. The number of amides is 2. The maximum Gasteiger partial charge on any atom is 0.573 e. The number of anilines is 3. The molecule has 0 saturated carbocycles. The second-order valence-corrected chi connectivity index (χ2v) is 12.8. The van der Waals surface area contributed by atoms with E-state index < -0.39 is 24.1 Å². The highest BCUT2D eigenvalue weighted by Crippen LogP contribution is 2.37. The number of ether oxygens (including phenoxy) is 1. The second-order valence-electron chi connectivity index (χ2n) is 12.8. The van der Waals surface area contributed by atoms with Gasteiger partial charge >= 0.3 is 12.4 Å². The molecule has 1 saturated heterocycles. The average Bonchev–Trinajstić information content (AvgIpc) is 3.44. The number of rotatable bonds is 8. The molecule has 9 nitrogen and oxygen atoms in total. The molecule has 0 spiro atoms. The van der Waals surface area contributed by atoms with Crippen LogP contribution in [0, 0.1) is 12.8 Å². The van der Waals surface area contributed by atoms with Gasteiger partial charge in [0.2, 0.25) is 0 Å². The van der Waals surface area contributed by atoms with E-state index >= 15 is 0 Å². The Labute approximate surface area is 271 Å². The van der Waals surface area contributed by atoms with Crippen LogP contribution in [0.4, 0.5) is 35.2 Å². The first kappa shape index (κ1) is 33.5. The molecule has 5 N–H and O–H groups in total. The lowest BCUT2D eigenvalue weighted by molar-refractivity contribution is -0.274. The first-order chi connectivity index (χ1) is 22.2. The maximum atomic E-state index is 13.9. The Hall–Kier alpha value is -4.84. The molecule has 0 radical (unpaired) electrons. The maximum absolute atomic E-state index is 13.9. The highest BCUT2D eigenvalue weighted by atomic mass is 19.4. The second kappa shape index (κ2) is 13.5. The number of nitrogens with zero attached hydrogens (tertiary/aromatic N) is 2. The van der Waals surface area contributed by atoms with Gasteiger partial charge in [0.1, 0.15) is 5.82 Å². The van der Waals surface area contributed by atoms with Crippen LogP contribution in [-0.2, 0) is 5.41 Å². The fourth-order valence-corrected chi connectivity index (χ4v) is 5.67. The van der Waals surface area contributed by atoms with Crippen molar-refractivity contribution < 1.29 is 27.5 Å². The number of nitrogens with two attached hydrogens (primary N) is 1. The Bertz CT molecular complexity index is 1720. The number of halogens is 3. The SMILES string of the molecule is Cc1ccc(-n2nc(C(C)(C)C)cc2NC(=O)Nc2ccc(C(C(=O)c3ccc(N)c(OC(F)(F)F)c3)C3CCNCC3)cc2)cc1. The number of urea groups is 1. The number of Topliss-reactive ketones (excluding diaryl/α,β-unsaturated/α-hetero) is 1. The Kier molecular flexibility index (Phi) is 9.62. The van der Waals surface area contributed by atoms with Gasteiger partial charge in [-0.2, -0.15) is 5.10 Å². The number of nitrogens with one attached hydrogen (secondary N) is 3. The third-order valence-electron chi connectivity index (χ3n) is 8.19. The Balaban J connectivity index is 1.36. The normalized spacial score (nSPS) is 14.8. The van der Waals surface area contributed by atoms with E-state index in [-0.39, 0.29) is 28.4 Å². The topological polar surface area (TPSA) is 123 Å². The minimum Gasteiger partial charge on any atom is -0.404 e. The number of aromatic nitrogens is 2. The Morgan fingerprint density at radius 3 is 2.23 bits per heavy atom. The molecule has 1 atom stereocenters. The standard InChI is InChI=1S/C35H39F3N6O3/c1-21-5-12-26(13-6-21)44-30(20-29(43-44)34(2,3)4)42-33(46)41-25-10-7-22(8-11-25)31(23-15-17-40-18-16-23)32(45)24-9-14-27(39)28(19-24)47-35(36,37)38/h5-14,19-20,23,31,40H,15-18,39H2,1-4H3,(H2,41,42,46). The summed E-state index contributed by atoms with van der Waals surface area (Å²) < 4.78 is 44.7. The van der Waals surface area contributed by atoms with Crippen LogP contribution in [0.2, 0.25) is 0 Å². The molecule has 12 heteroatoms. The van der Waals surface area contributed by atoms with Crippen molar-refractivity contribution in [2.24, 2.45) is 5.92 Å². The fourth-order valence-electron chi connectivity index (χ4n) is 5.67. The summed E-state index contributed by atoms with van der Waals surface area (Å²) in [7, 11) is 0. The van der Waals surface area contributed by atoms with E-state index in [1.807, 2.05) is 58.0 Å². The molecule has 1 fully saturated rings. The highest BCUT2D eigenvalue weighted by molar-refractivity contribution is 6.02. The van der Waals surface area contributed by atoms with Crippen LogP contribution in [0.15, 0.2) is 72.8 Å². The summed E-state index contributed by atoms with van der Waals surface area (Å²) >= 11 is 0. The number of ketones is 1. The van der Waals surface area contributed by atoms with Crippen LogP contribution in [0.3, 0.4) is 0 Å². The smallest absolute Gasteiger partial charge is 0.404 e. The highest BCUT2D eigenvalue weighted by Gasteiger charge is 2.34. The van der Waals surface area contributed by atoms with E-state index in [2.05, 4.69) is 20.7 Å². The first-order valence-electron chi connectivity index (χ1n) is 15.4. The molecule has 1 aromatic heterocycles. The Morgan fingerprint density at radius 1 is 0.957 bits per heavy atom. The van der Waals surface area contributed by atoms with E-state index in [0.29, 0.717) is 43.0 Å². The average molecular weight is 649 g/mol. The number of carbonyl (C=O) groups is 2. The van der Waals surface area contributed by atoms with E-state index in [1.165, 1.54) is 12.1 Å². The van der Waals surface area contributed by atoms with Crippen molar-refractivity contribution in [1.29, 1.82) is 0 Å². The van der Waals surface area contributed by atoms with E-state index in [4.69, 9.17) is 10.8 Å². The summed E-state index contributed by atoms with van der Waals surface area (Å²) in [5, 5.41) is 13.8. The van der Waals surface area contributed by atoms with Gasteiger partial charge in [0, 0.05) is 22.7 Å². The predicted octanol–water partition coefficient (Wildman–Crippen LogP) is 7.57. The molecule has 2 amide bonds. The largest absolute Gasteiger partial charge is 0.573 e. The molecule has 1 unspecified atom stereocenters. The molecular formula is C35H39F3N6O3. The van der Waals surface area contributed by atoms with E-state index in [9.17, 15) is 22.8 Å². The minimum absolute atomic E-state index is 0.0468. The molecule has 1 aliphatic rings.